The van der Waals surface area contributed by atoms with Crippen molar-refractivity contribution in [2.24, 2.45) is 0 Å². The molecular weight excluding hydrogens is 360 g/mol. The van der Waals surface area contributed by atoms with Gasteiger partial charge >= 0.3 is 0 Å². The Morgan fingerprint density at radius 3 is 2.50 bits per heavy atom. The number of carbonyl (C=O) groups excluding carboxylic acids is 1. The Labute approximate surface area is 150 Å². The molecule has 0 heterocycles. The molecule has 0 aliphatic rings. The monoisotopic (exact) mass is 378 g/mol. The summed E-state index contributed by atoms with van der Waals surface area (Å²) in [7, 11) is -2.10. The second-order valence-corrected chi connectivity index (χ2v) is 7.53. The number of non-ortho nitro benzene ring substituents is 1. The van der Waals surface area contributed by atoms with E-state index in [1.54, 1.807) is 18.2 Å². The van der Waals surface area contributed by atoms with Gasteiger partial charge in [0.25, 0.3) is 5.69 Å². The molecule has 1 N–H and O–H groups in total. The first-order valence-corrected chi connectivity index (χ1v) is 9.39. The zero-order valence-electron chi connectivity index (χ0n) is 14.0. The van der Waals surface area contributed by atoms with E-state index in [0.717, 1.165) is 0 Å². The van der Waals surface area contributed by atoms with Crippen molar-refractivity contribution in [2.75, 3.05) is 18.2 Å². The highest BCUT2D eigenvalue weighted by atomic mass is 32.2. The lowest BCUT2D eigenvalue weighted by Crippen LogP contribution is -2.15. The van der Waals surface area contributed by atoms with E-state index in [-0.39, 0.29) is 40.6 Å². The van der Waals surface area contributed by atoms with Crippen LogP contribution in [-0.2, 0) is 14.6 Å². The normalized spacial score (nSPS) is 11.0. The Kier molecular flexibility index (Phi) is 6.29. The zero-order valence-corrected chi connectivity index (χ0v) is 14.9. The first-order valence-electron chi connectivity index (χ1n) is 7.73. The van der Waals surface area contributed by atoms with Crippen molar-refractivity contribution in [1.82, 2.24) is 0 Å². The van der Waals surface area contributed by atoms with Gasteiger partial charge in [0.05, 0.1) is 34.4 Å². The maximum absolute atomic E-state index is 12.2. The van der Waals surface area contributed by atoms with E-state index in [9.17, 15) is 23.3 Å². The second-order valence-electron chi connectivity index (χ2n) is 5.43. The van der Waals surface area contributed by atoms with E-state index in [0.29, 0.717) is 0 Å². The lowest BCUT2D eigenvalue weighted by atomic mass is 10.2. The molecule has 0 atom stereocenters. The number of nitro benzene ring substituents is 1. The van der Waals surface area contributed by atoms with E-state index in [4.69, 9.17) is 4.74 Å². The molecule has 2 aromatic carbocycles. The molecule has 0 saturated heterocycles. The van der Waals surface area contributed by atoms with E-state index in [1.165, 1.54) is 37.4 Å². The number of benzene rings is 2. The van der Waals surface area contributed by atoms with E-state index in [1.807, 2.05) is 0 Å². The average molecular weight is 378 g/mol. The summed E-state index contributed by atoms with van der Waals surface area (Å²) in [5.41, 5.74) is 0.128. The summed E-state index contributed by atoms with van der Waals surface area (Å²) in [4.78, 5) is 22.4. The minimum atomic E-state index is -3.44. The number of nitro groups is 1. The molecule has 0 aliphatic heterocycles. The van der Waals surface area contributed by atoms with Crippen LogP contribution in [0, 0.1) is 10.1 Å². The van der Waals surface area contributed by atoms with Crippen LogP contribution in [0.4, 0.5) is 11.4 Å². The number of hydrogen-bond acceptors (Lipinski definition) is 6. The second kappa shape index (κ2) is 8.43. The van der Waals surface area contributed by atoms with Gasteiger partial charge in [0.1, 0.15) is 5.75 Å². The lowest BCUT2D eigenvalue weighted by molar-refractivity contribution is -0.384. The third kappa shape index (κ3) is 5.03. The van der Waals surface area contributed by atoms with Crippen molar-refractivity contribution in [3.05, 3.63) is 58.6 Å². The topological polar surface area (TPSA) is 116 Å². The molecule has 0 aromatic heterocycles. The standard InChI is InChI=1S/C17H18N2O6S/c1-25-16-12-13(19(21)22)9-10-15(16)18-17(20)8-5-11-26(23,24)14-6-3-2-4-7-14/h2-4,6-7,9-10,12H,5,8,11H2,1H3,(H,18,20). The van der Waals surface area contributed by atoms with Crippen LogP contribution < -0.4 is 10.1 Å². The summed E-state index contributed by atoms with van der Waals surface area (Å²) in [5.74, 6) is -0.396. The number of amides is 1. The molecule has 2 rings (SSSR count). The van der Waals surface area contributed by atoms with Crippen LogP contribution in [-0.4, -0.2) is 32.1 Å². The zero-order chi connectivity index (χ0) is 19.2. The molecule has 26 heavy (non-hydrogen) atoms. The predicted octanol–water partition coefficient (Wildman–Crippen LogP) is 2.80. The maximum atomic E-state index is 12.2. The van der Waals surface area contributed by atoms with Crippen molar-refractivity contribution in [3.8, 4) is 5.75 Å². The Morgan fingerprint density at radius 1 is 1.19 bits per heavy atom. The average Bonchev–Trinajstić information content (AvgIpc) is 2.62. The van der Waals surface area contributed by atoms with Gasteiger partial charge in [-0.15, -0.1) is 0 Å². The molecule has 0 unspecified atom stereocenters. The van der Waals surface area contributed by atoms with Gasteiger partial charge in [-0.1, -0.05) is 18.2 Å². The number of anilines is 1. The number of ether oxygens (including phenoxy) is 1. The van der Waals surface area contributed by atoms with Crippen molar-refractivity contribution in [1.29, 1.82) is 0 Å². The van der Waals surface area contributed by atoms with Gasteiger partial charge in [0.2, 0.25) is 5.91 Å². The Morgan fingerprint density at radius 2 is 1.88 bits per heavy atom. The van der Waals surface area contributed by atoms with Crippen LogP contribution in [0.5, 0.6) is 5.75 Å². The predicted molar refractivity (Wildman–Crippen MR) is 96.0 cm³/mol. The smallest absolute Gasteiger partial charge is 0.273 e. The van der Waals surface area contributed by atoms with Crippen molar-refractivity contribution >= 4 is 27.1 Å². The van der Waals surface area contributed by atoms with Crippen LogP contribution >= 0.6 is 0 Å². The van der Waals surface area contributed by atoms with Gasteiger partial charge in [-0.05, 0) is 24.6 Å². The molecule has 138 valence electrons. The van der Waals surface area contributed by atoms with Crippen LogP contribution in [0.2, 0.25) is 0 Å². The number of nitrogens with one attached hydrogen (secondary N) is 1. The summed E-state index contributed by atoms with van der Waals surface area (Å²) >= 11 is 0. The fraction of sp³-hybridized carbons (Fsp3) is 0.235. The third-order valence-electron chi connectivity index (χ3n) is 3.59. The number of hydrogen-bond donors (Lipinski definition) is 1. The Balaban J connectivity index is 1.94. The molecule has 0 saturated carbocycles. The molecule has 9 heteroatoms. The van der Waals surface area contributed by atoms with Crippen LogP contribution in [0.15, 0.2) is 53.4 Å². The summed E-state index contributed by atoms with van der Waals surface area (Å²) in [6, 6.07) is 11.8. The van der Waals surface area contributed by atoms with Crippen molar-refractivity contribution < 1.29 is 22.9 Å². The number of nitrogens with zero attached hydrogens (tertiary/aromatic N) is 1. The molecule has 0 fully saturated rings. The molecule has 0 aliphatic carbocycles. The molecule has 1 amide bonds. The quantitative estimate of drug-likeness (QED) is 0.558. The summed E-state index contributed by atoms with van der Waals surface area (Å²) < 4.78 is 29.4. The molecule has 0 bridgehead atoms. The van der Waals surface area contributed by atoms with Gasteiger partial charge in [0, 0.05) is 12.5 Å². The highest BCUT2D eigenvalue weighted by Crippen LogP contribution is 2.29. The minimum absolute atomic E-state index is 0.00773. The van der Waals surface area contributed by atoms with Gasteiger partial charge < -0.3 is 10.1 Å². The summed E-state index contributed by atoms with van der Waals surface area (Å²) in [5, 5.41) is 13.3. The fourth-order valence-corrected chi connectivity index (χ4v) is 3.61. The van der Waals surface area contributed by atoms with Gasteiger partial charge in [-0.2, -0.15) is 0 Å². The number of rotatable bonds is 8. The van der Waals surface area contributed by atoms with Gasteiger partial charge in [0.15, 0.2) is 9.84 Å². The summed E-state index contributed by atoms with van der Waals surface area (Å²) in [6.45, 7) is 0. The first kappa shape index (κ1) is 19.4. The van der Waals surface area contributed by atoms with Crippen molar-refractivity contribution in [2.45, 2.75) is 17.7 Å². The van der Waals surface area contributed by atoms with Crippen molar-refractivity contribution in [3.63, 3.8) is 0 Å². The molecule has 2 aromatic rings. The van der Waals surface area contributed by atoms with E-state index in [2.05, 4.69) is 5.32 Å². The third-order valence-corrected chi connectivity index (χ3v) is 5.41. The largest absolute Gasteiger partial charge is 0.494 e. The number of sulfone groups is 1. The van der Waals surface area contributed by atoms with Crippen LogP contribution in [0.25, 0.3) is 0 Å². The Hall–Kier alpha value is -2.94. The molecular formula is C17H18N2O6S. The first-order chi connectivity index (χ1) is 12.3. The SMILES string of the molecule is COc1cc([N+](=O)[O-])ccc1NC(=O)CCCS(=O)(=O)c1ccccc1. The van der Waals surface area contributed by atoms with Gasteiger partial charge in [-0.3, -0.25) is 14.9 Å². The number of methoxy groups -OCH3 is 1. The molecule has 0 radical (unpaired) electrons. The number of carbonyl (C=O) groups is 1. The minimum Gasteiger partial charge on any atom is -0.494 e. The lowest BCUT2D eigenvalue weighted by Gasteiger charge is -2.10. The maximum Gasteiger partial charge on any atom is 0.273 e. The van der Waals surface area contributed by atoms with Crippen LogP contribution in [0.1, 0.15) is 12.8 Å². The fourth-order valence-electron chi connectivity index (χ4n) is 2.28. The molecule has 8 nitrogen and oxygen atoms in total. The highest BCUT2D eigenvalue weighted by molar-refractivity contribution is 7.91. The highest BCUT2D eigenvalue weighted by Gasteiger charge is 2.16. The molecule has 0 spiro atoms. The summed E-state index contributed by atoms with van der Waals surface area (Å²) in [6.07, 6.45) is 0.143. The van der Waals surface area contributed by atoms with Crippen LogP contribution in [0.3, 0.4) is 0 Å². The Bertz CT molecular complexity index is 897. The van der Waals surface area contributed by atoms with E-state index >= 15 is 0 Å². The van der Waals surface area contributed by atoms with E-state index < -0.39 is 20.7 Å². The van der Waals surface area contributed by atoms with Gasteiger partial charge in [-0.25, -0.2) is 8.42 Å².